The molecule has 19 heavy (non-hydrogen) atoms. The number of ether oxygens (including phenoxy) is 1. The van der Waals surface area contributed by atoms with Crippen LogP contribution < -0.4 is 5.32 Å². The summed E-state index contributed by atoms with van der Waals surface area (Å²) < 4.78 is 5.28. The van der Waals surface area contributed by atoms with Crippen LogP contribution >= 0.6 is 0 Å². The molecule has 3 fully saturated rings. The van der Waals surface area contributed by atoms with Gasteiger partial charge in [-0.3, -0.25) is 0 Å². The van der Waals surface area contributed by atoms with Crippen LogP contribution in [0.3, 0.4) is 0 Å². The lowest BCUT2D eigenvalue weighted by atomic mass is 10.1. The Bertz CT molecular complexity index is 314. The number of amides is 2. The van der Waals surface area contributed by atoms with E-state index < -0.39 is 0 Å². The van der Waals surface area contributed by atoms with Gasteiger partial charge in [-0.25, -0.2) is 4.79 Å². The molecule has 2 saturated heterocycles. The first-order chi connectivity index (χ1) is 9.31. The molecule has 108 valence electrons. The highest BCUT2D eigenvalue weighted by Gasteiger charge is 2.28. The van der Waals surface area contributed by atoms with Crippen LogP contribution in [-0.4, -0.2) is 67.8 Å². The number of morpholine rings is 1. The maximum atomic E-state index is 12.1. The number of carbonyl (C=O) groups is 1. The normalized spacial score (nSPS) is 29.3. The van der Waals surface area contributed by atoms with Gasteiger partial charge in [-0.05, 0) is 38.1 Å². The summed E-state index contributed by atoms with van der Waals surface area (Å²) in [5.74, 6) is 0.939. The molecule has 1 N–H and O–H groups in total. The molecular weight excluding hydrogens is 242 g/mol. The first-order valence-corrected chi connectivity index (χ1v) is 7.67. The van der Waals surface area contributed by atoms with E-state index in [2.05, 4.69) is 10.2 Å². The highest BCUT2D eigenvalue weighted by molar-refractivity contribution is 5.74. The molecule has 1 aliphatic carbocycles. The Morgan fingerprint density at radius 2 is 1.95 bits per heavy atom. The summed E-state index contributed by atoms with van der Waals surface area (Å²) in [6.07, 6.45) is 5.14. The molecular formula is C14H25N3O2. The van der Waals surface area contributed by atoms with E-state index in [1.165, 1.54) is 32.4 Å². The predicted molar refractivity (Wildman–Crippen MR) is 73.1 cm³/mol. The van der Waals surface area contributed by atoms with Gasteiger partial charge < -0.3 is 19.9 Å². The molecule has 0 radical (unpaired) electrons. The molecule has 5 heteroatoms. The second kappa shape index (κ2) is 6.09. The van der Waals surface area contributed by atoms with E-state index in [0.717, 1.165) is 32.0 Å². The Labute approximate surface area is 115 Å². The summed E-state index contributed by atoms with van der Waals surface area (Å²) in [6, 6.07) is 0.435. The van der Waals surface area contributed by atoms with Crippen molar-refractivity contribution in [1.82, 2.24) is 15.1 Å². The number of likely N-dealkylation sites (tertiary alicyclic amines) is 1. The number of piperidine rings is 1. The SMILES string of the molecule is O=C(NC1CCCN(CC2CC2)C1)N1CCOCC1. The molecule has 0 aromatic carbocycles. The smallest absolute Gasteiger partial charge is 0.317 e. The monoisotopic (exact) mass is 267 g/mol. The minimum Gasteiger partial charge on any atom is -0.378 e. The van der Waals surface area contributed by atoms with E-state index in [1.807, 2.05) is 4.90 Å². The van der Waals surface area contributed by atoms with Crippen molar-refractivity contribution in [3.8, 4) is 0 Å². The molecule has 3 aliphatic rings. The van der Waals surface area contributed by atoms with Crippen molar-refractivity contribution in [2.24, 2.45) is 5.92 Å². The molecule has 5 nitrogen and oxygen atoms in total. The lowest BCUT2D eigenvalue weighted by molar-refractivity contribution is 0.0514. The van der Waals surface area contributed by atoms with Crippen molar-refractivity contribution in [2.45, 2.75) is 31.7 Å². The fourth-order valence-corrected chi connectivity index (χ4v) is 3.04. The summed E-state index contributed by atoms with van der Waals surface area (Å²) >= 11 is 0. The average Bonchev–Trinajstić information content (AvgIpc) is 3.24. The number of nitrogens with zero attached hydrogens (tertiary/aromatic N) is 2. The van der Waals surface area contributed by atoms with E-state index in [-0.39, 0.29) is 6.03 Å². The summed E-state index contributed by atoms with van der Waals surface area (Å²) in [5.41, 5.74) is 0. The van der Waals surface area contributed by atoms with E-state index in [1.54, 1.807) is 0 Å². The standard InChI is InChI=1S/C14H25N3O2/c18-14(17-6-8-19-9-7-17)15-13-2-1-5-16(11-13)10-12-3-4-12/h12-13H,1-11H2,(H,15,18). The van der Waals surface area contributed by atoms with Gasteiger partial charge in [0.05, 0.1) is 13.2 Å². The van der Waals surface area contributed by atoms with Crippen LogP contribution in [0, 0.1) is 5.92 Å². The summed E-state index contributed by atoms with van der Waals surface area (Å²) in [6.45, 7) is 6.28. The van der Waals surface area contributed by atoms with Gasteiger partial charge >= 0.3 is 6.03 Å². The number of hydrogen-bond acceptors (Lipinski definition) is 3. The number of rotatable bonds is 3. The molecule has 2 amide bonds. The molecule has 0 aromatic heterocycles. The number of urea groups is 1. The van der Waals surface area contributed by atoms with Gasteiger partial charge in [0.25, 0.3) is 0 Å². The van der Waals surface area contributed by atoms with Crippen LogP contribution in [-0.2, 0) is 4.74 Å². The van der Waals surface area contributed by atoms with Crippen LogP contribution in [0.25, 0.3) is 0 Å². The molecule has 0 spiro atoms. The second-order valence-corrected chi connectivity index (χ2v) is 6.09. The second-order valence-electron chi connectivity index (χ2n) is 6.09. The van der Waals surface area contributed by atoms with Gasteiger partial charge in [0.15, 0.2) is 0 Å². The molecule has 0 bridgehead atoms. The number of hydrogen-bond donors (Lipinski definition) is 1. The zero-order valence-electron chi connectivity index (χ0n) is 11.6. The molecule has 1 saturated carbocycles. The Hall–Kier alpha value is -0.810. The van der Waals surface area contributed by atoms with Gasteiger partial charge in [-0.1, -0.05) is 0 Å². The Kier molecular flexibility index (Phi) is 4.23. The Morgan fingerprint density at radius 3 is 2.68 bits per heavy atom. The molecule has 2 heterocycles. The first-order valence-electron chi connectivity index (χ1n) is 7.67. The third-order valence-electron chi connectivity index (χ3n) is 4.34. The lowest BCUT2D eigenvalue weighted by Crippen LogP contribution is -2.53. The fourth-order valence-electron chi connectivity index (χ4n) is 3.04. The zero-order valence-corrected chi connectivity index (χ0v) is 11.6. The van der Waals surface area contributed by atoms with Crippen molar-refractivity contribution in [3.63, 3.8) is 0 Å². The minimum atomic E-state index is 0.0987. The highest BCUT2D eigenvalue weighted by atomic mass is 16.5. The number of carbonyl (C=O) groups excluding carboxylic acids is 1. The van der Waals surface area contributed by atoms with E-state index >= 15 is 0 Å². The summed E-state index contributed by atoms with van der Waals surface area (Å²) in [5, 5.41) is 3.20. The first kappa shape index (κ1) is 13.2. The van der Waals surface area contributed by atoms with Crippen molar-refractivity contribution in [3.05, 3.63) is 0 Å². The van der Waals surface area contributed by atoms with Crippen molar-refractivity contribution >= 4 is 6.03 Å². The average molecular weight is 267 g/mol. The van der Waals surface area contributed by atoms with E-state index in [4.69, 9.17) is 4.74 Å². The maximum Gasteiger partial charge on any atom is 0.317 e. The van der Waals surface area contributed by atoms with Crippen molar-refractivity contribution < 1.29 is 9.53 Å². The molecule has 2 aliphatic heterocycles. The number of nitrogens with one attached hydrogen (secondary N) is 1. The molecule has 3 rings (SSSR count). The van der Waals surface area contributed by atoms with Crippen molar-refractivity contribution in [2.75, 3.05) is 45.9 Å². The third kappa shape index (κ3) is 3.83. The van der Waals surface area contributed by atoms with Gasteiger partial charge in [-0.15, -0.1) is 0 Å². The van der Waals surface area contributed by atoms with Crippen LogP contribution in [0.2, 0.25) is 0 Å². The zero-order chi connectivity index (χ0) is 13.1. The van der Waals surface area contributed by atoms with Gasteiger partial charge in [-0.2, -0.15) is 0 Å². The van der Waals surface area contributed by atoms with Crippen molar-refractivity contribution in [1.29, 1.82) is 0 Å². The Balaban J connectivity index is 1.43. The maximum absolute atomic E-state index is 12.1. The van der Waals surface area contributed by atoms with Crippen LogP contribution in [0.15, 0.2) is 0 Å². The highest BCUT2D eigenvalue weighted by Crippen LogP contribution is 2.30. The van der Waals surface area contributed by atoms with Crippen LogP contribution in [0.4, 0.5) is 4.79 Å². The largest absolute Gasteiger partial charge is 0.378 e. The third-order valence-corrected chi connectivity index (χ3v) is 4.34. The minimum absolute atomic E-state index is 0.0987. The quantitative estimate of drug-likeness (QED) is 0.826. The molecule has 1 unspecified atom stereocenters. The predicted octanol–water partition coefficient (Wildman–Crippen LogP) is 0.903. The summed E-state index contributed by atoms with van der Waals surface area (Å²) in [7, 11) is 0. The lowest BCUT2D eigenvalue weighted by Gasteiger charge is -2.35. The Morgan fingerprint density at radius 1 is 1.16 bits per heavy atom. The fraction of sp³-hybridized carbons (Fsp3) is 0.929. The van der Waals surface area contributed by atoms with Gasteiger partial charge in [0.1, 0.15) is 0 Å². The van der Waals surface area contributed by atoms with Crippen LogP contribution in [0.1, 0.15) is 25.7 Å². The molecule has 0 aromatic rings. The van der Waals surface area contributed by atoms with E-state index in [9.17, 15) is 4.79 Å². The van der Waals surface area contributed by atoms with Gasteiger partial charge in [0, 0.05) is 32.2 Å². The summed E-state index contributed by atoms with van der Waals surface area (Å²) in [4.78, 5) is 16.6. The molecule has 1 atom stereocenters. The van der Waals surface area contributed by atoms with E-state index in [0.29, 0.717) is 19.3 Å². The van der Waals surface area contributed by atoms with Crippen LogP contribution in [0.5, 0.6) is 0 Å². The topological polar surface area (TPSA) is 44.8 Å². The van der Waals surface area contributed by atoms with Gasteiger partial charge in [0.2, 0.25) is 0 Å².